The highest BCUT2D eigenvalue weighted by Gasteiger charge is 2.28. The van der Waals surface area contributed by atoms with Crippen molar-refractivity contribution < 1.29 is 9.53 Å². The second-order valence-corrected chi connectivity index (χ2v) is 9.13. The first kappa shape index (κ1) is 21.5. The lowest BCUT2D eigenvalue weighted by molar-refractivity contribution is -0.118. The first-order valence-corrected chi connectivity index (χ1v) is 11.4. The molecule has 162 valence electrons. The number of carbonyl (C=O) groups is 1. The third-order valence-electron chi connectivity index (χ3n) is 5.27. The zero-order valence-corrected chi connectivity index (χ0v) is 18.8. The van der Waals surface area contributed by atoms with Gasteiger partial charge in [-0.2, -0.15) is 0 Å². The predicted molar refractivity (Wildman–Crippen MR) is 121 cm³/mol. The Morgan fingerprint density at radius 1 is 1.26 bits per heavy atom. The molecular weight excluding hydrogens is 412 g/mol. The topological polar surface area (TPSA) is 86.1 Å². The third kappa shape index (κ3) is 4.80. The number of pyridine rings is 1. The van der Waals surface area contributed by atoms with Crippen LogP contribution in [0.3, 0.4) is 0 Å². The largest absolute Gasteiger partial charge is 0.370 e. The SMILES string of the molecule is CCn1c(SCC(=O)NCc2ccccc2)nc2nc3c(cc2c1=O)COC(C)(C)C3. The van der Waals surface area contributed by atoms with Crippen LogP contribution in [0.25, 0.3) is 11.0 Å². The van der Waals surface area contributed by atoms with Crippen molar-refractivity contribution in [1.82, 2.24) is 19.9 Å². The van der Waals surface area contributed by atoms with Crippen molar-refractivity contribution >= 4 is 28.7 Å². The molecule has 0 saturated carbocycles. The van der Waals surface area contributed by atoms with E-state index in [2.05, 4.69) is 10.3 Å². The van der Waals surface area contributed by atoms with Crippen LogP contribution in [-0.4, -0.2) is 31.8 Å². The van der Waals surface area contributed by atoms with Gasteiger partial charge in [-0.25, -0.2) is 9.97 Å². The fraction of sp³-hybridized carbons (Fsp3) is 0.391. The van der Waals surface area contributed by atoms with Gasteiger partial charge >= 0.3 is 0 Å². The Balaban J connectivity index is 1.55. The molecule has 3 aromatic rings. The van der Waals surface area contributed by atoms with Gasteiger partial charge in [0.15, 0.2) is 10.8 Å². The normalized spacial score (nSPS) is 14.9. The first-order chi connectivity index (χ1) is 14.9. The highest BCUT2D eigenvalue weighted by molar-refractivity contribution is 7.99. The molecule has 1 aromatic carbocycles. The van der Waals surface area contributed by atoms with Gasteiger partial charge in [-0.15, -0.1) is 0 Å². The van der Waals surface area contributed by atoms with Gasteiger partial charge in [-0.3, -0.25) is 14.2 Å². The lowest BCUT2D eigenvalue weighted by atomic mass is 9.95. The van der Waals surface area contributed by atoms with Gasteiger partial charge in [0.1, 0.15) is 0 Å². The lowest BCUT2D eigenvalue weighted by Crippen LogP contribution is -2.33. The van der Waals surface area contributed by atoms with Crippen LogP contribution in [0.5, 0.6) is 0 Å². The van der Waals surface area contributed by atoms with Gasteiger partial charge in [0.2, 0.25) is 5.91 Å². The third-order valence-corrected chi connectivity index (χ3v) is 6.25. The molecule has 7 nitrogen and oxygen atoms in total. The molecule has 0 fully saturated rings. The van der Waals surface area contributed by atoms with E-state index in [1.807, 2.05) is 57.2 Å². The summed E-state index contributed by atoms with van der Waals surface area (Å²) in [5.41, 5.74) is 2.89. The predicted octanol–water partition coefficient (Wildman–Crippen LogP) is 3.07. The lowest BCUT2D eigenvalue weighted by Gasteiger charge is -2.31. The second kappa shape index (κ2) is 8.80. The second-order valence-electron chi connectivity index (χ2n) is 8.19. The number of nitrogens with one attached hydrogen (secondary N) is 1. The number of carbonyl (C=O) groups excluding carboxylic acids is 1. The van der Waals surface area contributed by atoms with E-state index in [0.29, 0.717) is 42.3 Å². The van der Waals surface area contributed by atoms with E-state index in [1.165, 1.54) is 11.8 Å². The number of fused-ring (bicyclic) bond motifs is 2. The molecule has 0 radical (unpaired) electrons. The zero-order chi connectivity index (χ0) is 22.0. The molecule has 0 spiro atoms. The summed E-state index contributed by atoms with van der Waals surface area (Å²) in [6.07, 6.45) is 0.668. The number of ether oxygens (including phenoxy) is 1. The van der Waals surface area contributed by atoms with Crippen LogP contribution in [0.4, 0.5) is 0 Å². The molecule has 0 aliphatic carbocycles. The number of rotatable bonds is 6. The van der Waals surface area contributed by atoms with Crippen LogP contribution in [0, 0.1) is 0 Å². The summed E-state index contributed by atoms with van der Waals surface area (Å²) in [7, 11) is 0. The standard InChI is InChI=1S/C23H26N4O3S/c1-4-27-21(29)17-10-16-13-30-23(2,3)11-18(16)25-20(17)26-22(27)31-14-19(28)24-12-15-8-6-5-7-9-15/h5-10H,4,11-14H2,1-3H3,(H,24,28). The Kier molecular flexibility index (Phi) is 6.11. The molecule has 0 saturated heterocycles. The zero-order valence-electron chi connectivity index (χ0n) is 18.0. The molecule has 3 heterocycles. The van der Waals surface area contributed by atoms with E-state index in [-0.39, 0.29) is 22.8 Å². The monoisotopic (exact) mass is 438 g/mol. The molecule has 0 unspecified atom stereocenters. The van der Waals surface area contributed by atoms with E-state index in [1.54, 1.807) is 4.57 Å². The van der Waals surface area contributed by atoms with Crippen molar-refractivity contribution in [2.24, 2.45) is 0 Å². The average molecular weight is 439 g/mol. The van der Waals surface area contributed by atoms with Crippen molar-refractivity contribution in [3.63, 3.8) is 0 Å². The van der Waals surface area contributed by atoms with Crippen molar-refractivity contribution in [1.29, 1.82) is 0 Å². The van der Waals surface area contributed by atoms with Gasteiger partial charge in [0.25, 0.3) is 5.56 Å². The van der Waals surface area contributed by atoms with Gasteiger partial charge < -0.3 is 10.1 Å². The summed E-state index contributed by atoms with van der Waals surface area (Å²) >= 11 is 1.26. The minimum atomic E-state index is -0.291. The number of hydrogen-bond donors (Lipinski definition) is 1. The van der Waals surface area contributed by atoms with E-state index in [9.17, 15) is 9.59 Å². The average Bonchev–Trinajstić information content (AvgIpc) is 2.75. The van der Waals surface area contributed by atoms with Crippen LogP contribution in [0.1, 0.15) is 37.6 Å². The molecule has 8 heteroatoms. The number of aromatic nitrogens is 3. The Morgan fingerprint density at radius 3 is 2.77 bits per heavy atom. The van der Waals surface area contributed by atoms with Gasteiger partial charge in [-0.05, 0) is 32.4 Å². The Morgan fingerprint density at radius 2 is 2.03 bits per heavy atom. The molecule has 1 aliphatic rings. The highest BCUT2D eigenvalue weighted by atomic mass is 32.2. The highest BCUT2D eigenvalue weighted by Crippen LogP contribution is 2.28. The maximum atomic E-state index is 13.1. The summed E-state index contributed by atoms with van der Waals surface area (Å²) < 4.78 is 7.46. The van der Waals surface area contributed by atoms with Crippen molar-refractivity contribution in [3.05, 3.63) is 63.6 Å². The minimum Gasteiger partial charge on any atom is -0.370 e. The Bertz CT molecular complexity index is 1170. The molecule has 0 atom stereocenters. The fourth-order valence-corrected chi connectivity index (χ4v) is 4.46. The maximum absolute atomic E-state index is 13.1. The van der Waals surface area contributed by atoms with Crippen LogP contribution >= 0.6 is 11.8 Å². The number of nitrogens with zero attached hydrogens (tertiary/aromatic N) is 3. The van der Waals surface area contributed by atoms with Crippen molar-refractivity contribution in [2.45, 2.75) is 57.6 Å². The number of amides is 1. The van der Waals surface area contributed by atoms with Gasteiger partial charge in [0, 0.05) is 25.1 Å². The minimum absolute atomic E-state index is 0.108. The quantitative estimate of drug-likeness (QED) is 0.470. The number of hydrogen-bond acceptors (Lipinski definition) is 6. The van der Waals surface area contributed by atoms with E-state index < -0.39 is 0 Å². The summed E-state index contributed by atoms with van der Waals surface area (Å²) in [6.45, 7) is 7.33. The van der Waals surface area contributed by atoms with Crippen LogP contribution < -0.4 is 10.9 Å². The summed E-state index contributed by atoms with van der Waals surface area (Å²) in [6, 6.07) is 11.6. The molecule has 31 heavy (non-hydrogen) atoms. The smallest absolute Gasteiger partial charge is 0.263 e. The summed E-state index contributed by atoms with van der Waals surface area (Å²) in [5.74, 6) is 0.0690. The molecule has 1 N–H and O–H groups in total. The molecule has 2 aromatic heterocycles. The maximum Gasteiger partial charge on any atom is 0.263 e. The summed E-state index contributed by atoms with van der Waals surface area (Å²) in [4.78, 5) is 34.7. The molecule has 1 aliphatic heterocycles. The van der Waals surface area contributed by atoms with E-state index in [4.69, 9.17) is 9.72 Å². The molecule has 4 rings (SSSR count). The molecule has 0 bridgehead atoms. The Hall–Kier alpha value is -2.71. The Labute approximate surface area is 185 Å². The summed E-state index contributed by atoms with van der Waals surface area (Å²) in [5, 5.41) is 3.90. The van der Waals surface area contributed by atoms with Gasteiger partial charge in [0.05, 0.1) is 29.0 Å². The number of benzene rings is 1. The van der Waals surface area contributed by atoms with E-state index >= 15 is 0 Å². The van der Waals surface area contributed by atoms with Crippen LogP contribution in [0.2, 0.25) is 0 Å². The number of thioether (sulfide) groups is 1. The molecular formula is C23H26N4O3S. The molecule has 1 amide bonds. The fourth-order valence-electron chi connectivity index (χ4n) is 3.58. The first-order valence-electron chi connectivity index (χ1n) is 10.4. The van der Waals surface area contributed by atoms with Crippen LogP contribution in [-0.2, 0) is 35.6 Å². The van der Waals surface area contributed by atoms with E-state index in [0.717, 1.165) is 16.8 Å². The van der Waals surface area contributed by atoms with Crippen LogP contribution in [0.15, 0.2) is 46.3 Å². The van der Waals surface area contributed by atoms with Crippen molar-refractivity contribution in [2.75, 3.05) is 5.75 Å². The van der Waals surface area contributed by atoms with Gasteiger partial charge in [-0.1, -0.05) is 42.1 Å². The van der Waals surface area contributed by atoms with Crippen molar-refractivity contribution in [3.8, 4) is 0 Å².